The van der Waals surface area contributed by atoms with Crippen LogP contribution >= 0.6 is 0 Å². The maximum absolute atomic E-state index is 12.4. The third-order valence-electron chi connectivity index (χ3n) is 3.82. The minimum absolute atomic E-state index is 0.00817. The van der Waals surface area contributed by atoms with E-state index in [0.717, 1.165) is 5.56 Å². The smallest absolute Gasteiger partial charge is 0.270 e. The summed E-state index contributed by atoms with van der Waals surface area (Å²) in [4.78, 5) is 10.5. The Morgan fingerprint density at radius 2 is 1.96 bits per heavy atom. The lowest BCUT2D eigenvalue weighted by atomic mass is 10.1. The van der Waals surface area contributed by atoms with Crippen LogP contribution in [0.25, 0.3) is 6.08 Å². The van der Waals surface area contributed by atoms with Gasteiger partial charge in [0.15, 0.2) is 16.6 Å². The zero-order valence-electron chi connectivity index (χ0n) is 13.8. The van der Waals surface area contributed by atoms with Crippen LogP contribution in [0.4, 0.5) is 5.69 Å². The monoisotopic (exact) mass is 375 g/mol. The van der Waals surface area contributed by atoms with E-state index in [1.807, 2.05) is 30.3 Å². The second-order valence-corrected chi connectivity index (χ2v) is 7.94. The molecule has 0 spiro atoms. The molecule has 0 aliphatic carbocycles. The van der Waals surface area contributed by atoms with Gasteiger partial charge in [0.25, 0.3) is 5.69 Å². The Morgan fingerprint density at radius 1 is 1.19 bits per heavy atom. The molecule has 0 N–H and O–H groups in total. The molecule has 0 saturated carbocycles. The average Bonchev–Trinajstić information content (AvgIpc) is 2.62. The largest absolute Gasteiger partial charge is 0.467 e. The highest BCUT2D eigenvalue weighted by molar-refractivity contribution is 7.90. The summed E-state index contributed by atoms with van der Waals surface area (Å²) >= 11 is 0. The molecule has 8 heteroatoms. The van der Waals surface area contributed by atoms with Crippen LogP contribution in [0.1, 0.15) is 16.7 Å². The first kappa shape index (κ1) is 18.1. The molecule has 0 radical (unpaired) electrons. The predicted molar refractivity (Wildman–Crippen MR) is 96.3 cm³/mol. The van der Waals surface area contributed by atoms with E-state index >= 15 is 0 Å². The van der Waals surface area contributed by atoms with Crippen LogP contribution in [0.3, 0.4) is 0 Å². The van der Waals surface area contributed by atoms with Crippen LogP contribution in [-0.4, -0.2) is 25.9 Å². The van der Waals surface area contributed by atoms with Gasteiger partial charge in [0.1, 0.15) is 5.75 Å². The fraction of sp³-hybridized carbons (Fsp3) is 0.222. The summed E-state index contributed by atoms with van der Waals surface area (Å²) in [6, 6.07) is 11.9. The quantitative estimate of drug-likeness (QED) is 0.569. The van der Waals surface area contributed by atoms with Crippen molar-refractivity contribution in [3.8, 4) is 5.75 Å². The van der Waals surface area contributed by atoms with Crippen molar-refractivity contribution in [1.29, 1.82) is 0 Å². The first-order chi connectivity index (χ1) is 12.4. The molecule has 0 saturated heterocycles. The molecule has 1 aliphatic heterocycles. The number of sulfone groups is 1. The second kappa shape index (κ2) is 7.67. The normalized spacial score (nSPS) is 14.0. The first-order valence-corrected chi connectivity index (χ1v) is 9.69. The van der Waals surface area contributed by atoms with Crippen molar-refractivity contribution in [3.63, 3.8) is 0 Å². The van der Waals surface area contributed by atoms with Crippen molar-refractivity contribution in [3.05, 3.63) is 75.3 Å². The number of benzene rings is 2. The number of rotatable bonds is 6. The average molecular weight is 375 g/mol. The summed E-state index contributed by atoms with van der Waals surface area (Å²) in [6.45, 7) is 0.143. The maximum atomic E-state index is 12.4. The summed E-state index contributed by atoms with van der Waals surface area (Å²) in [6.07, 6.45) is 3.29. The predicted octanol–water partition coefficient (Wildman–Crippen LogP) is 3.09. The van der Waals surface area contributed by atoms with Gasteiger partial charge in [-0.05, 0) is 5.56 Å². The van der Waals surface area contributed by atoms with Gasteiger partial charge in [-0.3, -0.25) is 10.1 Å². The van der Waals surface area contributed by atoms with Gasteiger partial charge in [0.2, 0.25) is 0 Å². The lowest BCUT2D eigenvalue weighted by molar-refractivity contribution is -0.385. The summed E-state index contributed by atoms with van der Waals surface area (Å²) in [7, 11) is -3.51. The lowest BCUT2D eigenvalue weighted by Crippen LogP contribution is -2.16. The minimum Gasteiger partial charge on any atom is -0.467 e. The summed E-state index contributed by atoms with van der Waals surface area (Å²) in [5, 5.41) is 11.1. The van der Waals surface area contributed by atoms with Crippen LogP contribution in [0.5, 0.6) is 5.75 Å². The van der Waals surface area contributed by atoms with Gasteiger partial charge in [-0.15, -0.1) is 0 Å². The second-order valence-electron chi connectivity index (χ2n) is 5.83. The Hall–Kier alpha value is -2.71. The summed E-state index contributed by atoms with van der Waals surface area (Å²) in [5.74, 6) is -0.149. The molecule has 2 aromatic rings. The highest BCUT2D eigenvalue weighted by Gasteiger charge is 2.24. The topological polar surface area (TPSA) is 95.7 Å². The molecule has 0 amide bonds. The number of hydrogen-bond donors (Lipinski definition) is 0. The van der Waals surface area contributed by atoms with Crippen molar-refractivity contribution in [2.75, 3.05) is 12.5 Å². The third-order valence-corrected chi connectivity index (χ3v) is 5.27. The maximum Gasteiger partial charge on any atom is 0.270 e. The van der Waals surface area contributed by atoms with Gasteiger partial charge in [-0.2, -0.15) is 0 Å². The number of hydrogen-bond acceptors (Lipinski definition) is 6. The molecule has 1 heterocycles. The van der Waals surface area contributed by atoms with Crippen molar-refractivity contribution in [1.82, 2.24) is 0 Å². The van der Waals surface area contributed by atoms with E-state index in [-0.39, 0.29) is 36.2 Å². The zero-order chi connectivity index (χ0) is 18.6. The summed E-state index contributed by atoms with van der Waals surface area (Å²) in [5.41, 5.74) is 1.49. The van der Waals surface area contributed by atoms with E-state index in [4.69, 9.17) is 9.47 Å². The van der Waals surface area contributed by atoms with E-state index in [1.165, 1.54) is 12.1 Å². The van der Waals surface area contributed by atoms with Crippen molar-refractivity contribution in [2.45, 2.75) is 12.4 Å². The molecule has 1 aliphatic rings. The number of nitrogens with zero attached hydrogens (tertiary/aromatic N) is 1. The highest BCUT2D eigenvalue weighted by atomic mass is 32.2. The highest BCUT2D eigenvalue weighted by Crippen LogP contribution is 2.33. The zero-order valence-corrected chi connectivity index (χ0v) is 14.6. The van der Waals surface area contributed by atoms with E-state index in [0.29, 0.717) is 11.3 Å². The number of fused-ring (bicyclic) bond motifs is 1. The third kappa shape index (κ3) is 4.47. The SMILES string of the molecule is O=[N+]([O-])c1cc2c(c(CS(=O)(=O)CC=Cc3ccccc3)c1)OCOC2. The molecular formula is C18H17NO6S. The van der Waals surface area contributed by atoms with Gasteiger partial charge < -0.3 is 9.47 Å². The molecule has 0 aromatic heterocycles. The molecule has 0 atom stereocenters. The van der Waals surface area contributed by atoms with Crippen molar-refractivity contribution in [2.24, 2.45) is 0 Å². The van der Waals surface area contributed by atoms with Crippen LogP contribution in [-0.2, 0) is 26.9 Å². The first-order valence-electron chi connectivity index (χ1n) is 7.87. The van der Waals surface area contributed by atoms with Crippen LogP contribution in [0.2, 0.25) is 0 Å². The fourth-order valence-electron chi connectivity index (χ4n) is 2.68. The molecule has 2 aromatic carbocycles. The lowest BCUT2D eigenvalue weighted by Gasteiger charge is -2.20. The minimum atomic E-state index is -3.51. The Kier molecular flexibility index (Phi) is 5.34. The van der Waals surface area contributed by atoms with Gasteiger partial charge in [0, 0.05) is 23.3 Å². The van der Waals surface area contributed by atoms with E-state index in [9.17, 15) is 18.5 Å². The number of nitro groups is 1. The van der Waals surface area contributed by atoms with Gasteiger partial charge in [-0.25, -0.2) is 8.42 Å². The molecular weight excluding hydrogens is 358 g/mol. The van der Waals surface area contributed by atoms with Crippen LogP contribution in [0, 0.1) is 10.1 Å². The van der Waals surface area contributed by atoms with Gasteiger partial charge in [-0.1, -0.05) is 42.5 Å². The van der Waals surface area contributed by atoms with E-state index in [2.05, 4.69) is 0 Å². The molecule has 7 nitrogen and oxygen atoms in total. The molecule has 0 unspecified atom stereocenters. The molecule has 0 fully saturated rings. The van der Waals surface area contributed by atoms with Crippen LogP contribution in [0.15, 0.2) is 48.5 Å². The number of ether oxygens (including phenoxy) is 2. The molecule has 0 bridgehead atoms. The molecule has 26 heavy (non-hydrogen) atoms. The Bertz CT molecular complexity index is 938. The number of non-ortho nitro benzene ring substituents is 1. The molecule has 136 valence electrons. The van der Waals surface area contributed by atoms with Crippen LogP contribution < -0.4 is 4.74 Å². The molecule has 3 rings (SSSR count). The number of nitro benzene ring substituents is 1. The summed E-state index contributed by atoms with van der Waals surface area (Å²) < 4.78 is 35.4. The Balaban J connectivity index is 1.81. The van der Waals surface area contributed by atoms with Gasteiger partial charge in [0.05, 0.1) is 23.0 Å². The van der Waals surface area contributed by atoms with Crippen molar-refractivity contribution >= 4 is 21.6 Å². The Morgan fingerprint density at radius 3 is 2.69 bits per heavy atom. The van der Waals surface area contributed by atoms with Crippen molar-refractivity contribution < 1.29 is 22.8 Å². The van der Waals surface area contributed by atoms with E-state index in [1.54, 1.807) is 12.2 Å². The standard InChI is InChI=1S/C18H17NO6S/c20-19(21)17-9-15-11-24-13-25-18(15)16(10-17)12-26(22,23)8-4-7-14-5-2-1-3-6-14/h1-7,9-10H,8,11-13H2. The van der Waals surface area contributed by atoms with Gasteiger partial charge >= 0.3 is 0 Å². The fourth-order valence-corrected chi connectivity index (χ4v) is 3.88. The van der Waals surface area contributed by atoms with E-state index < -0.39 is 14.8 Å². The Labute approximate surface area is 150 Å².